The number of aromatic amines is 1. The number of carbonyl (C=O) groups is 2. The van der Waals surface area contributed by atoms with Crippen LogP contribution in [0.15, 0.2) is 46.0 Å². The van der Waals surface area contributed by atoms with Crippen LogP contribution in [0.1, 0.15) is 45.7 Å². The van der Waals surface area contributed by atoms with Crippen LogP contribution in [0.5, 0.6) is 0 Å². The van der Waals surface area contributed by atoms with Gasteiger partial charge in [-0.05, 0) is 73.5 Å². The van der Waals surface area contributed by atoms with Crippen LogP contribution in [0, 0.1) is 6.92 Å². The minimum atomic E-state index is -1.36. The Bertz CT molecular complexity index is 1810. The first-order valence-corrected chi connectivity index (χ1v) is 12.0. The first-order valence-electron chi connectivity index (χ1n) is 12.0. The summed E-state index contributed by atoms with van der Waals surface area (Å²) in [6.45, 7) is 11.8. The number of hydrogen-bond donors (Lipinski definition) is 3. The number of aromatic carboxylic acids is 2. The summed E-state index contributed by atoms with van der Waals surface area (Å²) in [5.41, 5.74) is 1.11. The second-order valence-corrected chi connectivity index (χ2v) is 8.97. The molecule has 0 fully saturated rings. The molecular weight excluding hydrogens is 488 g/mol. The van der Waals surface area contributed by atoms with Crippen LogP contribution in [-0.2, 0) is 7.05 Å². The van der Waals surface area contributed by atoms with Crippen molar-refractivity contribution >= 4 is 41.3 Å². The van der Waals surface area contributed by atoms with E-state index in [0.717, 1.165) is 40.5 Å². The highest BCUT2D eigenvalue weighted by molar-refractivity contribution is 5.95. The molecule has 0 aliphatic rings. The van der Waals surface area contributed by atoms with Crippen molar-refractivity contribution in [1.29, 1.82) is 0 Å². The van der Waals surface area contributed by atoms with E-state index in [9.17, 15) is 29.4 Å². The van der Waals surface area contributed by atoms with Crippen molar-refractivity contribution in [3.63, 3.8) is 0 Å². The molecule has 4 aromatic rings. The van der Waals surface area contributed by atoms with Crippen molar-refractivity contribution in [2.75, 3.05) is 18.0 Å². The van der Waals surface area contributed by atoms with Gasteiger partial charge in [0.05, 0.1) is 22.2 Å². The predicted molar refractivity (Wildman–Crippen MR) is 146 cm³/mol. The normalized spacial score (nSPS) is 11.7. The zero-order valence-corrected chi connectivity index (χ0v) is 21.5. The molecule has 0 saturated heterocycles. The van der Waals surface area contributed by atoms with Crippen LogP contribution < -0.4 is 26.5 Å². The molecule has 10 heteroatoms. The Morgan fingerprint density at radius 3 is 2.13 bits per heavy atom. The van der Waals surface area contributed by atoms with Crippen LogP contribution in [0.2, 0.25) is 0 Å². The molecule has 2 aromatic carbocycles. The Labute approximate surface area is 217 Å². The first kappa shape index (κ1) is 26.2. The molecule has 0 radical (unpaired) electrons. The van der Waals surface area contributed by atoms with Gasteiger partial charge in [0.2, 0.25) is 0 Å². The summed E-state index contributed by atoms with van der Waals surface area (Å²) < 4.78 is 2.30. The fourth-order valence-electron chi connectivity index (χ4n) is 4.60. The molecule has 4 rings (SSSR count). The summed E-state index contributed by atoms with van der Waals surface area (Å²) >= 11 is 0. The fraction of sp³-hybridized carbons (Fsp3) is 0.214. The third-order valence-electron chi connectivity index (χ3n) is 6.66. The summed E-state index contributed by atoms with van der Waals surface area (Å²) in [5.74, 6) is -2.71. The summed E-state index contributed by atoms with van der Waals surface area (Å²) in [4.78, 5) is 52.6. The van der Waals surface area contributed by atoms with E-state index >= 15 is 0 Å². The maximum Gasteiger partial charge on any atom is 0.335 e. The van der Waals surface area contributed by atoms with Crippen molar-refractivity contribution in [3.05, 3.63) is 89.8 Å². The van der Waals surface area contributed by atoms with Crippen molar-refractivity contribution < 1.29 is 19.8 Å². The zero-order valence-electron chi connectivity index (χ0n) is 21.5. The number of aromatic nitrogens is 3. The third kappa shape index (κ3) is 4.40. The molecule has 0 unspecified atom stereocenters. The molecule has 0 aliphatic heterocycles. The molecule has 10 nitrogen and oxygen atoms in total. The van der Waals surface area contributed by atoms with Gasteiger partial charge in [-0.2, -0.15) is 0 Å². The average molecular weight is 517 g/mol. The van der Waals surface area contributed by atoms with Crippen molar-refractivity contribution in [1.82, 2.24) is 14.3 Å². The van der Waals surface area contributed by atoms with E-state index in [0.29, 0.717) is 0 Å². The molecule has 2 aromatic heterocycles. The van der Waals surface area contributed by atoms with E-state index in [4.69, 9.17) is 0 Å². The van der Waals surface area contributed by atoms with E-state index in [1.165, 1.54) is 23.9 Å². The lowest BCUT2D eigenvalue weighted by atomic mass is 10.0. The van der Waals surface area contributed by atoms with Crippen molar-refractivity contribution in [2.24, 2.45) is 7.05 Å². The van der Waals surface area contributed by atoms with Crippen LogP contribution in [0.3, 0.4) is 0 Å². The Morgan fingerprint density at radius 2 is 1.61 bits per heavy atom. The number of anilines is 1. The number of nitrogens with zero attached hydrogens (tertiary/aromatic N) is 3. The molecule has 0 spiro atoms. The van der Waals surface area contributed by atoms with Gasteiger partial charge in [0.1, 0.15) is 5.65 Å². The van der Waals surface area contributed by atoms with Gasteiger partial charge >= 0.3 is 11.9 Å². The summed E-state index contributed by atoms with van der Waals surface area (Å²) in [6, 6.07) is 9.25. The number of carboxylic acid groups (broad SMARTS) is 2. The quantitative estimate of drug-likeness (QED) is 0.341. The first-order chi connectivity index (χ1) is 18.0. The standard InChI is InChI=1S/C28H28N4O6/c1-6-31(7-2)20-9-8-17(15(3)10-20)14-22-16(4)23-24(29-30(5)26(23)34)32(25(22)33)21-12-18(27(35)36)11-19(13-21)28(37)38/h8-14,29H,4,6-7H2,1-3,5H3,(H,35,36)(H,37,38). The van der Waals surface area contributed by atoms with Gasteiger partial charge in [0.15, 0.2) is 0 Å². The van der Waals surface area contributed by atoms with Gasteiger partial charge in [0.25, 0.3) is 11.1 Å². The monoisotopic (exact) mass is 516 g/mol. The number of pyridine rings is 1. The van der Waals surface area contributed by atoms with Crippen LogP contribution in [0.25, 0.3) is 29.4 Å². The largest absolute Gasteiger partial charge is 0.478 e. The van der Waals surface area contributed by atoms with Gasteiger partial charge in [-0.15, -0.1) is 0 Å². The smallest absolute Gasteiger partial charge is 0.335 e. The number of benzene rings is 2. The van der Waals surface area contributed by atoms with Crippen LogP contribution in [0.4, 0.5) is 5.69 Å². The highest BCUT2D eigenvalue weighted by Crippen LogP contribution is 2.20. The van der Waals surface area contributed by atoms with Crippen LogP contribution in [-0.4, -0.2) is 49.6 Å². The lowest BCUT2D eigenvalue weighted by molar-refractivity contribution is 0.0696. The minimum Gasteiger partial charge on any atom is -0.478 e. The number of fused-ring (bicyclic) bond motifs is 1. The van der Waals surface area contributed by atoms with E-state index in [2.05, 4.69) is 30.4 Å². The topological polar surface area (TPSA) is 138 Å². The average Bonchev–Trinajstić information content (AvgIpc) is 3.17. The molecule has 0 amide bonds. The Morgan fingerprint density at radius 1 is 1.00 bits per heavy atom. The van der Waals surface area contributed by atoms with Gasteiger partial charge in [-0.3, -0.25) is 23.9 Å². The highest BCUT2D eigenvalue weighted by atomic mass is 16.4. The lowest BCUT2D eigenvalue weighted by Gasteiger charge is -2.21. The zero-order chi connectivity index (χ0) is 27.9. The molecule has 38 heavy (non-hydrogen) atoms. The lowest BCUT2D eigenvalue weighted by Crippen LogP contribution is -2.45. The number of aryl methyl sites for hydroxylation is 2. The molecule has 2 heterocycles. The van der Waals surface area contributed by atoms with E-state index in [1.54, 1.807) is 6.08 Å². The number of hydrogen-bond acceptors (Lipinski definition) is 5. The maximum absolute atomic E-state index is 13.9. The molecule has 3 N–H and O–H groups in total. The summed E-state index contributed by atoms with van der Waals surface area (Å²) in [7, 11) is 1.48. The molecule has 0 saturated carbocycles. The number of carboxylic acids is 2. The third-order valence-corrected chi connectivity index (χ3v) is 6.66. The summed E-state index contributed by atoms with van der Waals surface area (Å²) in [5, 5.41) is 22.4. The van der Waals surface area contributed by atoms with Gasteiger partial charge < -0.3 is 15.1 Å². The van der Waals surface area contributed by atoms with E-state index in [-0.39, 0.29) is 38.3 Å². The minimum absolute atomic E-state index is 0.0117. The second-order valence-electron chi connectivity index (χ2n) is 8.97. The fourth-order valence-corrected chi connectivity index (χ4v) is 4.60. The van der Waals surface area contributed by atoms with Gasteiger partial charge in [-0.25, -0.2) is 9.59 Å². The SMILES string of the molecule is C=c1c(=Cc2ccc(N(CC)CC)cc2C)c(=O)n(-c2cc(C(=O)O)cc(C(=O)O)c2)c2[nH]n(C)c(=O)c12. The molecule has 0 atom stereocenters. The maximum atomic E-state index is 13.9. The van der Waals surface area contributed by atoms with Crippen molar-refractivity contribution in [3.8, 4) is 5.69 Å². The van der Waals surface area contributed by atoms with Gasteiger partial charge in [0, 0.05) is 31.0 Å². The Kier molecular flexibility index (Phi) is 6.82. The van der Waals surface area contributed by atoms with Gasteiger partial charge in [-0.1, -0.05) is 12.6 Å². The molecule has 0 aliphatic carbocycles. The highest BCUT2D eigenvalue weighted by Gasteiger charge is 2.19. The van der Waals surface area contributed by atoms with Crippen molar-refractivity contribution in [2.45, 2.75) is 20.8 Å². The van der Waals surface area contributed by atoms with Crippen LogP contribution >= 0.6 is 0 Å². The number of rotatable bonds is 7. The Hall–Kier alpha value is -4.86. The molecular formula is C28H28N4O6. The number of nitrogens with one attached hydrogen (secondary N) is 1. The number of H-pyrrole nitrogens is 1. The molecule has 0 bridgehead atoms. The molecule has 196 valence electrons. The summed E-state index contributed by atoms with van der Waals surface area (Å²) in [6.07, 6.45) is 1.65. The van der Waals surface area contributed by atoms with E-state index < -0.39 is 23.1 Å². The second kappa shape index (κ2) is 9.89. The van der Waals surface area contributed by atoms with E-state index in [1.807, 2.05) is 25.1 Å². The Balaban J connectivity index is 2.11. The predicted octanol–water partition coefficient (Wildman–Crippen LogP) is 1.81.